The summed E-state index contributed by atoms with van der Waals surface area (Å²) < 4.78 is 15.6. The molecule has 0 radical (unpaired) electrons. The maximum Gasteiger partial charge on any atom is 0.165 e. The predicted molar refractivity (Wildman–Crippen MR) is 135 cm³/mol. The average Bonchev–Trinajstić information content (AvgIpc) is 3.55. The molecule has 4 atom stereocenters. The number of hydrogen-bond acceptors (Lipinski definition) is 8. The first kappa shape index (κ1) is 22.9. The molecule has 0 bridgehead atoms. The van der Waals surface area contributed by atoms with E-state index in [1.54, 1.807) is 18.0 Å². The van der Waals surface area contributed by atoms with Crippen LogP contribution in [-0.4, -0.2) is 72.8 Å². The van der Waals surface area contributed by atoms with Crippen LogP contribution in [0.15, 0.2) is 55.1 Å². The summed E-state index contributed by atoms with van der Waals surface area (Å²) >= 11 is 0. The highest BCUT2D eigenvalue weighted by atomic mass is 16.6. The fourth-order valence-corrected chi connectivity index (χ4v) is 5.19. The van der Waals surface area contributed by atoms with E-state index in [9.17, 15) is 10.2 Å². The van der Waals surface area contributed by atoms with Gasteiger partial charge < -0.3 is 29.6 Å². The number of methoxy groups -OCH3 is 1. The molecule has 36 heavy (non-hydrogen) atoms. The van der Waals surface area contributed by atoms with E-state index in [1.165, 1.54) is 6.33 Å². The molecular formula is C26H28N6O4. The second-order valence-electron chi connectivity index (χ2n) is 9.06. The van der Waals surface area contributed by atoms with Crippen molar-refractivity contribution in [2.45, 2.75) is 38.0 Å². The van der Waals surface area contributed by atoms with Crippen LogP contribution >= 0.6 is 0 Å². The number of nitrogens with zero attached hydrogens (tertiary/aromatic N) is 5. The molecular weight excluding hydrogens is 460 g/mol. The lowest BCUT2D eigenvalue weighted by Crippen LogP contribution is -2.38. The van der Waals surface area contributed by atoms with Crippen LogP contribution in [0.2, 0.25) is 0 Å². The number of aromatic nitrogens is 5. The van der Waals surface area contributed by atoms with Gasteiger partial charge in [-0.05, 0) is 25.1 Å². The molecule has 3 aromatic heterocycles. The van der Waals surface area contributed by atoms with E-state index in [0.29, 0.717) is 30.8 Å². The summed E-state index contributed by atoms with van der Waals surface area (Å²) in [6.45, 7) is 3.60. The van der Waals surface area contributed by atoms with Crippen molar-refractivity contribution in [1.29, 1.82) is 0 Å². The summed E-state index contributed by atoms with van der Waals surface area (Å²) in [6, 6.07) is 14.4. The molecule has 10 heteroatoms. The quantitative estimate of drug-likeness (QED) is 0.298. The van der Waals surface area contributed by atoms with E-state index in [1.807, 2.05) is 31.2 Å². The molecule has 3 N–H and O–H groups in total. The lowest BCUT2D eigenvalue weighted by molar-refractivity contribution is -0.0341. The zero-order chi connectivity index (χ0) is 24.8. The minimum atomic E-state index is -1.10. The third-order valence-electron chi connectivity index (χ3n) is 6.99. The van der Waals surface area contributed by atoms with E-state index in [-0.39, 0.29) is 0 Å². The summed E-state index contributed by atoms with van der Waals surface area (Å²) in [5, 5.41) is 27.0. The van der Waals surface area contributed by atoms with E-state index >= 15 is 0 Å². The van der Waals surface area contributed by atoms with Gasteiger partial charge >= 0.3 is 0 Å². The standard InChI is InChI=1S/C26H28N6O4/c1-15-22-25(29-13-28-15)32(14-30-22)26-24(34)23(33)20(36-26)12-27-10-11-31-17-7-4-3-6-16(17)21-18(31)8-5-9-19(21)35-2/h3-9,13-14,20,23-24,26-27,33-34H,10-12H2,1-2H3. The van der Waals surface area contributed by atoms with E-state index in [0.717, 1.165) is 33.2 Å². The fraction of sp³-hybridized carbons (Fsp3) is 0.346. The minimum Gasteiger partial charge on any atom is -0.496 e. The molecule has 1 fully saturated rings. The lowest BCUT2D eigenvalue weighted by Gasteiger charge is -2.17. The number of benzene rings is 2. The third kappa shape index (κ3) is 3.61. The molecule has 4 heterocycles. The highest BCUT2D eigenvalue weighted by molar-refractivity contribution is 6.11. The number of hydrogen-bond donors (Lipinski definition) is 3. The van der Waals surface area contributed by atoms with Crippen molar-refractivity contribution in [3.05, 3.63) is 60.8 Å². The number of rotatable bonds is 7. The van der Waals surface area contributed by atoms with Crippen molar-refractivity contribution in [2.24, 2.45) is 0 Å². The maximum atomic E-state index is 10.7. The van der Waals surface area contributed by atoms with Gasteiger partial charge in [-0.2, -0.15) is 0 Å². The van der Waals surface area contributed by atoms with Gasteiger partial charge in [0.25, 0.3) is 0 Å². The summed E-state index contributed by atoms with van der Waals surface area (Å²) in [4.78, 5) is 12.8. The average molecular weight is 489 g/mol. The lowest BCUT2D eigenvalue weighted by atomic mass is 10.1. The van der Waals surface area contributed by atoms with Crippen molar-refractivity contribution in [3.8, 4) is 5.75 Å². The Morgan fingerprint density at radius 3 is 2.72 bits per heavy atom. The second-order valence-corrected chi connectivity index (χ2v) is 9.06. The number of ether oxygens (including phenoxy) is 2. The van der Waals surface area contributed by atoms with E-state index < -0.39 is 24.5 Å². The minimum absolute atomic E-state index is 0.385. The Labute approximate surface area is 207 Å². The van der Waals surface area contributed by atoms with Gasteiger partial charge in [0, 0.05) is 35.9 Å². The SMILES string of the molecule is COc1cccc2c1c1ccccc1n2CCNCC1OC(n2cnc3c(C)ncnc32)C(O)C1O. The van der Waals surface area contributed by atoms with Crippen LogP contribution in [0.3, 0.4) is 0 Å². The van der Waals surface area contributed by atoms with Gasteiger partial charge in [-0.1, -0.05) is 24.3 Å². The number of fused-ring (bicyclic) bond motifs is 4. The zero-order valence-electron chi connectivity index (χ0n) is 20.1. The Bertz CT molecular complexity index is 1550. The van der Waals surface area contributed by atoms with Crippen molar-refractivity contribution in [2.75, 3.05) is 20.2 Å². The highest BCUT2D eigenvalue weighted by Gasteiger charge is 2.44. The Hall–Kier alpha value is -3.57. The number of para-hydroxylation sites is 1. The summed E-state index contributed by atoms with van der Waals surface area (Å²) in [5.41, 5.74) is 4.19. The normalized spacial score (nSPS) is 22.2. The predicted octanol–water partition coefficient (Wildman–Crippen LogP) is 2.16. The smallest absolute Gasteiger partial charge is 0.165 e. The van der Waals surface area contributed by atoms with Gasteiger partial charge in [0.05, 0.1) is 24.6 Å². The molecule has 6 rings (SSSR count). The third-order valence-corrected chi connectivity index (χ3v) is 6.99. The highest BCUT2D eigenvalue weighted by Crippen LogP contribution is 2.35. The first-order chi connectivity index (χ1) is 17.6. The summed E-state index contributed by atoms with van der Waals surface area (Å²) in [6.07, 6.45) is -0.481. The molecule has 0 saturated carbocycles. The van der Waals surface area contributed by atoms with Gasteiger partial charge in [0.15, 0.2) is 11.9 Å². The molecule has 2 aromatic carbocycles. The van der Waals surface area contributed by atoms with Gasteiger partial charge in [-0.15, -0.1) is 0 Å². The molecule has 0 spiro atoms. The molecule has 186 valence electrons. The largest absolute Gasteiger partial charge is 0.496 e. The molecule has 1 saturated heterocycles. The number of imidazole rings is 1. The van der Waals surface area contributed by atoms with Crippen LogP contribution in [0.5, 0.6) is 5.75 Å². The maximum absolute atomic E-state index is 10.7. The first-order valence-corrected chi connectivity index (χ1v) is 12.0. The van der Waals surface area contributed by atoms with Gasteiger partial charge in [-0.25, -0.2) is 15.0 Å². The van der Waals surface area contributed by atoms with Crippen LogP contribution in [-0.2, 0) is 11.3 Å². The molecule has 4 unspecified atom stereocenters. The van der Waals surface area contributed by atoms with E-state index in [2.05, 4.69) is 43.0 Å². The second kappa shape index (κ2) is 9.14. The summed E-state index contributed by atoms with van der Waals surface area (Å²) in [5.74, 6) is 0.852. The van der Waals surface area contributed by atoms with Crippen LogP contribution in [0.25, 0.3) is 33.0 Å². The molecule has 10 nitrogen and oxygen atoms in total. The fourth-order valence-electron chi connectivity index (χ4n) is 5.19. The number of aryl methyl sites for hydroxylation is 1. The van der Waals surface area contributed by atoms with Crippen LogP contribution in [0.4, 0.5) is 0 Å². The Morgan fingerprint density at radius 1 is 1.03 bits per heavy atom. The van der Waals surface area contributed by atoms with Crippen molar-refractivity contribution < 1.29 is 19.7 Å². The number of aliphatic hydroxyl groups excluding tert-OH is 2. The van der Waals surface area contributed by atoms with Crippen LogP contribution in [0.1, 0.15) is 11.9 Å². The number of aliphatic hydroxyl groups is 2. The topological polar surface area (TPSA) is 119 Å². The molecule has 1 aliphatic heterocycles. The zero-order valence-corrected chi connectivity index (χ0v) is 20.1. The summed E-state index contributed by atoms with van der Waals surface area (Å²) in [7, 11) is 1.69. The number of nitrogens with one attached hydrogen (secondary N) is 1. The van der Waals surface area contributed by atoms with Crippen molar-refractivity contribution >= 4 is 33.0 Å². The molecule has 0 aliphatic carbocycles. The Morgan fingerprint density at radius 2 is 1.86 bits per heavy atom. The molecule has 5 aromatic rings. The molecule has 0 amide bonds. The van der Waals surface area contributed by atoms with Crippen molar-refractivity contribution in [1.82, 2.24) is 29.4 Å². The monoisotopic (exact) mass is 488 g/mol. The van der Waals surface area contributed by atoms with Crippen molar-refractivity contribution in [3.63, 3.8) is 0 Å². The van der Waals surface area contributed by atoms with E-state index in [4.69, 9.17) is 9.47 Å². The van der Waals surface area contributed by atoms with Gasteiger partial charge in [-0.3, -0.25) is 4.57 Å². The van der Waals surface area contributed by atoms with Crippen LogP contribution in [0, 0.1) is 6.92 Å². The van der Waals surface area contributed by atoms with Crippen LogP contribution < -0.4 is 10.1 Å². The van der Waals surface area contributed by atoms with Gasteiger partial charge in [0.1, 0.15) is 35.9 Å². The Balaban J connectivity index is 1.16. The Kier molecular flexibility index (Phi) is 5.81. The molecule has 1 aliphatic rings. The van der Waals surface area contributed by atoms with Gasteiger partial charge in [0.2, 0.25) is 0 Å². The first-order valence-electron chi connectivity index (χ1n) is 12.0.